The van der Waals surface area contributed by atoms with Crippen molar-refractivity contribution in [3.63, 3.8) is 0 Å². The third-order valence-electron chi connectivity index (χ3n) is 1.86. The highest BCUT2D eigenvalue weighted by Crippen LogP contribution is 2.21. The van der Waals surface area contributed by atoms with Crippen molar-refractivity contribution < 1.29 is 4.74 Å². The SMILES string of the molecule is CCCCNC1OC1CC. The highest BCUT2D eigenvalue weighted by atomic mass is 16.6. The van der Waals surface area contributed by atoms with Crippen molar-refractivity contribution in [2.45, 2.75) is 45.4 Å². The van der Waals surface area contributed by atoms with Crippen LogP contribution in [-0.4, -0.2) is 18.9 Å². The van der Waals surface area contributed by atoms with Gasteiger partial charge in [0.1, 0.15) is 6.23 Å². The largest absolute Gasteiger partial charge is 0.353 e. The summed E-state index contributed by atoms with van der Waals surface area (Å²) in [5, 5.41) is 3.34. The van der Waals surface area contributed by atoms with Crippen LogP contribution in [0.4, 0.5) is 0 Å². The summed E-state index contributed by atoms with van der Waals surface area (Å²) in [5.74, 6) is 0. The first kappa shape index (κ1) is 8.02. The first-order valence-electron chi connectivity index (χ1n) is 4.27. The minimum atomic E-state index is 0.386. The molecule has 0 aromatic rings. The van der Waals surface area contributed by atoms with E-state index in [0.29, 0.717) is 12.3 Å². The molecule has 0 bridgehead atoms. The molecule has 0 radical (unpaired) electrons. The van der Waals surface area contributed by atoms with Gasteiger partial charge >= 0.3 is 0 Å². The smallest absolute Gasteiger partial charge is 0.135 e. The first-order valence-corrected chi connectivity index (χ1v) is 4.27. The van der Waals surface area contributed by atoms with Gasteiger partial charge in [-0.15, -0.1) is 0 Å². The molecule has 60 valence electrons. The molecule has 1 N–H and O–H groups in total. The lowest BCUT2D eigenvalue weighted by molar-refractivity contribution is 0.341. The summed E-state index contributed by atoms with van der Waals surface area (Å²) >= 11 is 0. The maximum absolute atomic E-state index is 5.30. The average Bonchev–Trinajstić information content (AvgIpc) is 2.68. The minimum absolute atomic E-state index is 0.386. The van der Waals surface area contributed by atoms with Crippen molar-refractivity contribution >= 4 is 0 Å². The molecule has 1 rings (SSSR count). The summed E-state index contributed by atoms with van der Waals surface area (Å²) in [5.41, 5.74) is 0. The van der Waals surface area contributed by atoms with Crippen LogP contribution < -0.4 is 5.32 Å². The highest BCUT2D eigenvalue weighted by molar-refractivity contribution is 4.80. The molecule has 1 heterocycles. The van der Waals surface area contributed by atoms with Crippen LogP contribution in [0.3, 0.4) is 0 Å². The number of hydrogen-bond donors (Lipinski definition) is 1. The second kappa shape index (κ2) is 3.94. The van der Waals surface area contributed by atoms with Gasteiger partial charge in [-0.3, -0.25) is 5.32 Å². The molecule has 1 aliphatic rings. The van der Waals surface area contributed by atoms with Gasteiger partial charge in [0.15, 0.2) is 0 Å². The normalized spacial score (nSPS) is 30.6. The van der Waals surface area contributed by atoms with E-state index in [1.54, 1.807) is 0 Å². The molecule has 0 aliphatic carbocycles. The summed E-state index contributed by atoms with van der Waals surface area (Å²) in [6.07, 6.45) is 4.56. The first-order chi connectivity index (χ1) is 4.88. The zero-order valence-corrected chi connectivity index (χ0v) is 6.89. The van der Waals surface area contributed by atoms with E-state index in [1.165, 1.54) is 12.8 Å². The number of ether oxygens (including phenoxy) is 1. The van der Waals surface area contributed by atoms with Gasteiger partial charge in [0.25, 0.3) is 0 Å². The number of epoxide rings is 1. The van der Waals surface area contributed by atoms with Gasteiger partial charge in [0.05, 0.1) is 6.10 Å². The predicted octanol–water partition coefficient (Wildman–Crippen LogP) is 1.51. The van der Waals surface area contributed by atoms with E-state index in [-0.39, 0.29) is 0 Å². The highest BCUT2D eigenvalue weighted by Gasteiger charge is 2.35. The second-order valence-electron chi connectivity index (χ2n) is 2.81. The van der Waals surface area contributed by atoms with Crippen molar-refractivity contribution in [1.29, 1.82) is 0 Å². The molecule has 10 heavy (non-hydrogen) atoms. The lowest BCUT2D eigenvalue weighted by atomic mass is 10.3. The fraction of sp³-hybridized carbons (Fsp3) is 1.00. The van der Waals surface area contributed by atoms with Crippen molar-refractivity contribution in [2.75, 3.05) is 6.54 Å². The van der Waals surface area contributed by atoms with Crippen molar-refractivity contribution in [2.24, 2.45) is 0 Å². The van der Waals surface area contributed by atoms with E-state index < -0.39 is 0 Å². The average molecular weight is 143 g/mol. The Morgan fingerprint density at radius 1 is 1.40 bits per heavy atom. The molecule has 2 heteroatoms. The van der Waals surface area contributed by atoms with Gasteiger partial charge in [0.2, 0.25) is 0 Å². The van der Waals surface area contributed by atoms with Crippen molar-refractivity contribution in [3.8, 4) is 0 Å². The van der Waals surface area contributed by atoms with E-state index >= 15 is 0 Å². The van der Waals surface area contributed by atoms with Crippen LogP contribution in [0, 0.1) is 0 Å². The van der Waals surface area contributed by atoms with Crippen molar-refractivity contribution in [3.05, 3.63) is 0 Å². The van der Waals surface area contributed by atoms with E-state index in [2.05, 4.69) is 19.2 Å². The summed E-state index contributed by atoms with van der Waals surface area (Å²) in [6.45, 7) is 5.47. The lowest BCUT2D eigenvalue weighted by Crippen LogP contribution is -2.20. The lowest BCUT2D eigenvalue weighted by Gasteiger charge is -1.96. The van der Waals surface area contributed by atoms with Crippen LogP contribution in [0.5, 0.6) is 0 Å². The number of unbranched alkanes of at least 4 members (excludes halogenated alkanes) is 1. The van der Waals surface area contributed by atoms with E-state index in [1.807, 2.05) is 0 Å². The van der Waals surface area contributed by atoms with Gasteiger partial charge in [-0.2, -0.15) is 0 Å². The van der Waals surface area contributed by atoms with E-state index in [9.17, 15) is 0 Å². The zero-order valence-electron chi connectivity index (χ0n) is 6.89. The Bertz CT molecular complexity index is 95.3. The van der Waals surface area contributed by atoms with E-state index in [0.717, 1.165) is 13.0 Å². The number of nitrogens with one attached hydrogen (secondary N) is 1. The summed E-state index contributed by atoms with van der Waals surface area (Å²) in [6, 6.07) is 0. The van der Waals surface area contributed by atoms with Crippen molar-refractivity contribution in [1.82, 2.24) is 5.32 Å². The topological polar surface area (TPSA) is 24.6 Å². The molecule has 1 saturated heterocycles. The quantitative estimate of drug-likeness (QED) is 0.466. The zero-order chi connectivity index (χ0) is 7.40. The Balaban J connectivity index is 1.87. The molecule has 0 aromatic carbocycles. The third-order valence-corrected chi connectivity index (χ3v) is 1.86. The fourth-order valence-corrected chi connectivity index (χ4v) is 1.05. The summed E-state index contributed by atoms with van der Waals surface area (Å²) in [7, 11) is 0. The van der Waals surface area contributed by atoms with Gasteiger partial charge < -0.3 is 4.74 Å². The van der Waals surface area contributed by atoms with Crippen LogP contribution in [0.2, 0.25) is 0 Å². The molecule has 2 atom stereocenters. The van der Waals surface area contributed by atoms with Crippen LogP contribution >= 0.6 is 0 Å². The number of rotatable bonds is 5. The van der Waals surface area contributed by atoms with Crippen LogP contribution in [-0.2, 0) is 4.74 Å². The maximum atomic E-state index is 5.30. The van der Waals surface area contributed by atoms with Crippen LogP contribution in [0.15, 0.2) is 0 Å². The third kappa shape index (κ3) is 2.27. The monoisotopic (exact) mass is 143 g/mol. The summed E-state index contributed by atoms with van der Waals surface area (Å²) < 4.78 is 5.30. The molecule has 0 spiro atoms. The molecule has 0 saturated carbocycles. The molecule has 1 aliphatic heterocycles. The van der Waals surface area contributed by atoms with Gasteiger partial charge in [0, 0.05) is 0 Å². The summed E-state index contributed by atoms with van der Waals surface area (Å²) in [4.78, 5) is 0. The molecule has 0 aromatic heterocycles. The number of hydrogen-bond acceptors (Lipinski definition) is 2. The Labute approximate surface area is 63.0 Å². The fourth-order valence-electron chi connectivity index (χ4n) is 1.05. The molecular weight excluding hydrogens is 126 g/mol. The van der Waals surface area contributed by atoms with Crippen LogP contribution in [0.25, 0.3) is 0 Å². The van der Waals surface area contributed by atoms with E-state index in [4.69, 9.17) is 4.74 Å². The maximum Gasteiger partial charge on any atom is 0.135 e. The Kier molecular flexibility index (Phi) is 3.16. The molecule has 0 amide bonds. The molecule has 2 nitrogen and oxygen atoms in total. The predicted molar refractivity (Wildman–Crippen MR) is 41.9 cm³/mol. The molecule has 1 fully saturated rings. The van der Waals surface area contributed by atoms with Gasteiger partial charge in [-0.05, 0) is 19.4 Å². The van der Waals surface area contributed by atoms with Gasteiger partial charge in [-0.1, -0.05) is 20.3 Å². The molecule has 2 unspecified atom stereocenters. The van der Waals surface area contributed by atoms with Crippen LogP contribution in [0.1, 0.15) is 33.1 Å². The second-order valence-corrected chi connectivity index (χ2v) is 2.81. The Morgan fingerprint density at radius 2 is 2.20 bits per heavy atom. The Hall–Kier alpha value is -0.0800. The molecular formula is C8H17NO. The standard InChI is InChI=1S/C8H17NO/c1-3-5-6-9-8-7(4-2)10-8/h7-9H,3-6H2,1-2H3. The van der Waals surface area contributed by atoms with Gasteiger partial charge in [-0.25, -0.2) is 0 Å². The Morgan fingerprint density at radius 3 is 2.70 bits per heavy atom. The minimum Gasteiger partial charge on any atom is -0.353 e.